The Labute approximate surface area is 107 Å². The van der Waals surface area contributed by atoms with E-state index in [0.29, 0.717) is 6.42 Å². The number of ether oxygens (including phenoxy) is 2. The monoisotopic (exact) mass is 255 g/mol. The number of nitrogens with zero attached hydrogens (tertiary/aromatic N) is 1. The molecule has 2 rings (SSSR count). The van der Waals surface area contributed by atoms with Gasteiger partial charge in [0.1, 0.15) is 6.23 Å². The van der Waals surface area contributed by atoms with Crippen LogP contribution in [-0.4, -0.2) is 42.3 Å². The molecule has 3 atom stereocenters. The minimum Gasteiger partial charge on any atom is -0.467 e. The van der Waals surface area contributed by atoms with E-state index >= 15 is 0 Å². The van der Waals surface area contributed by atoms with E-state index in [1.165, 1.54) is 7.11 Å². The van der Waals surface area contributed by atoms with Crippen LogP contribution in [-0.2, 0) is 19.1 Å². The quantitative estimate of drug-likeness (QED) is 0.660. The number of methoxy groups -OCH3 is 1. The highest BCUT2D eigenvalue weighted by atomic mass is 16.6. The summed E-state index contributed by atoms with van der Waals surface area (Å²) in [6.07, 6.45) is 0.111. The van der Waals surface area contributed by atoms with Crippen LogP contribution < -0.4 is 0 Å². The smallest absolute Gasteiger partial charge is 0.334 e. The van der Waals surface area contributed by atoms with E-state index in [9.17, 15) is 9.59 Å². The highest BCUT2D eigenvalue weighted by molar-refractivity contribution is 5.93. The predicted octanol–water partition coefficient (Wildman–Crippen LogP) is 1.17. The zero-order valence-electron chi connectivity index (χ0n) is 11.6. The number of amides is 1. The van der Waals surface area contributed by atoms with Gasteiger partial charge < -0.3 is 9.47 Å². The Kier molecular flexibility index (Phi) is 2.93. The van der Waals surface area contributed by atoms with Crippen LogP contribution >= 0.6 is 0 Å². The molecule has 0 aromatic heterocycles. The fraction of sp³-hybridized carbons (Fsp3) is 0.846. The highest BCUT2D eigenvalue weighted by Gasteiger charge is 2.63. The minimum atomic E-state index is -0.913. The maximum Gasteiger partial charge on any atom is 0.334 e. The Morgan fingerprint density at radius 1 is 1.50 bits per heavy atom. The maximum absolute atomic E-state index is 12.3. The highest BCUT2D eigenvalue weighted by Crippen LogP contribution is 2.46. The van der Waals surface area contributed by atoms with Crippen LogP contribution in [0.4, 0.5) is 0 Å². The van der Waals surface area contributed by atoms with Gasteiger partial charge in [-0.3, -0.25) is 9.69 Å². The van der Waals surface area contributed by atoms with Crippen molar-refractivity contribution in [3.8, 4) is 0 Å². The first-order chi connectivity index (χ1) is 8.24. The lowest BCUT2D eigenvalue weighted by Gasteiger charge is -2.36. The molecule has 2 saturated heterocycles. The second kappa shape index (κ2) is 3.95. The normalized spacial score (nSPS) is 35.8. The second-order valence-electron chi connectivity index (χ2n) is 6.37. The Balaban J connectivity index is 2.42. The third kappa shape index (κ3) is 1.64. The first-order valence-corrected chi connectivity index (χ1v) is 6.27. The number of carbonyl (C=O) groups excluding carboxylic acids is 2. The lowest BCUT2D eigenvalue weighted by atomic mass is 9.91. The van der Waals surface area contributed by atoms with Crippen molar-refractivity contribution in [1.29, 1.82) is 0 Å². The number of carbonyl (C=O) groups is 2. The van der Waals surface area contributed by atoms with E-state index < -0.39 is 5.54 Å². The summed E-state index contributed by atoms with van der Waals surface area (Å²) in [5.41, 5.74) is -1.14. The summed E-state index contributed by atoms with van der Waals surface area (Å²) >= 11 is 0. The van der Waals surface area contributed by atoms with Gasteiger partial charge in [0, 0.05) is 11.3 Å². The molecular weight excluding hydrogens is 234 g/mol. The average molecular weight is 255 g/mol. The molecule has 102 valence electrons. The van der Waals surface area contributed by atoms with Gasteiger partial charge in [-0.25, -0.2) is 4.79 Å². The second-order valence-corrected chi connectivity index (χ2v) is 6.37. The third-order valence-corrected chi connectivity index (χ3v) is 3.78. The first-order valence-electron chi connectivity index (χ1n) is 6.27. The van der Waals surface area contributed by atoms with Gasteiger partial charge in [0.2, 0.25) is 5.91 Å². The topological polar surface area (TPSA) is 55.8 Å². The number of fused-ring (bicyclic) bond motifs is 1. The molecule has 0 aromatic carbocycles. The summed E-state index contributed by atoms with van der Waals surface area (Å²) in [7, 11) is 1.35. The van der Waals surface area contributed by atoms with Crippen molar-refractivity contribution in [1.82, 2.24) is 4.90 Å². The molecule has 2 aliphatic rings. The summed E-state index contributed by atoms with van der Waals surface area (Å²) in [6, 6.07) is 0. The Morgan fingerprint density at radius 2 is 2.11 bits per heavy atom. The van der Waals surface area contributed by atoms with Crippen LogP contribution in [0.3, 0.4) is 0 Å². The molecule has 0 spiro atoms. The van der Waals surface area contributed by atoms with Gasteiger partial charge in [0.25, 0.3) is 0 Å². The molecule has 1 amide bonds. The molecule has 0 saturated carbocycles. The minimum absolute atomic E-state index is 0.0159. The molecule has 5 nitrogen and oxygen atoms in total. The van der Waals surface area contributed by atoms with Crippen molar-refractivity contribution in [3.05, 3.63) is 0 Å². The standard InChI is InChI=1S/C13H21NO4/c1-8-6-13(11(16)17-5)7-18-10(12(2,3)4)14(13)9(8)15/h8,10H,6-7H2,1-5H3/t8-,10?,13+/m0/s1. The van der Waals surface area contributed by atoms with Crippen molar-refractivity contribution >= 4 is 11.9 Å². The molecular formula is C13H21NO4. The van der Waals surface area contributed by atoms with Crippen molar-refractivity contribution in [2.75, 3.05) is 13.7 Å². The van der Waals surface area contributed by atoms with Crippen LogP contribution in [0.1, 0.15) is 34.1 Å². The van der Waals surface area contributed by atoms with E-state index in [0.717, 1.165) is 0 Å². The molecule has 0 aromatic rings. The largest absolute Gasteiger partial charge is 0.467 e. The van der Waals surface area contributed by atoms with Gasteiger partial charge in [0.15, 0.2) is 5.54 Å². The lowest BCUT2D eigenvalue weighted by Crippen LogP contribution is -2.54. The first kappa shape index (κ1) is 13.3. The average Bonchev–Trinajstić information content (AvgIpc) is 2.76. The van der Waals surface area contributed by atoms with Crippen LogP contribution in [0.25, 0.3) is 0 Å². The maximum atomic E-state index is 12.3. The zero-order chi connectivity index (χ0) is 13.7. The third-order valence-electron chi connectivity index (χ3n) is 3.78. The summed E-state index contributed by atoms with van der Waals surface area (Å²) in [5.74, 6) is -0.539. The molecule has 2 heterocycles. The number of esters is 1. The number of rotatable bonds is 1. The molecule has 5 heteroatoms. The van der Waals surface area contributed by atoms with Crippen molar-refractivity contribution in [2.45, 2.75) is 45.9 Å². The van der Waals surface area contributed by atoms with Crippen LogP contribution in [0.15, 0.2) is 0 Å². The van der Waals surface area contributed by atoms with Crippen LogP contribution in [0.2, 0.25) is 0 Å². The Morgan fingerprint density at radius 3 is 2.61 bits per heavy atom. The van der Waals surface area contributed by atoms with E-state index in [2.05, 4.69) is 0 Å². The lowest BCUT2D eigenvalue weighted by molar-refractivity contribution is -0.158. The van der Waals surface area contributed by atoms with Gasteiger partial charge in [-0.1, -0.05) is 27.7 Å². The predicted molar refractivity (Wildman–Crippen MR) is 64.6 cm³/mol. The fourth-order valence-electron chi connectivity index (χ4n) is 2.97. The van der Waals surface area contributed by atoms with Crippen molar-refractivity contribution < 1.29 is 19.1 Å². The summed E-state index contributed by atoms with van der Waals surface area (Å²) < 4.78 is 10.6. The van der Waals surface area contributed by atoms with Gasteiger partial charge in [-0.15, -0.1) is 0 Å². The Hall–Kier alpha value is -1.10. The summed E-state index contributed by atoms with van der Waals surface area (Å²) in [6.45, 7) is 8.09. The fourth-order valence-corrected chi connectivity index (χ4v) is 2.97. The van der Waals surface area contributed by atoms with E-state index in [1.54, 1.807) is 4.90 Å². The van der Waals surface area contributed by atoms with Crippen LogP contribution in [0.5, 0.6) is 0 Å². The summed E-state index contributed by atoms with van der Waals surface area (Å²) in [4.78, 5) is 26.0. The van der Waals surface area contributed by atoms with Gasteiger partial charge >= 0.3 is 5.97 Å². The van der Waals surface area contributed by atoms with Crippen molar-refractivity contribution in [3.63, 3.8) is 0 Å². The van der Waals surface area contributed by atoms with E-state index in [1.807, 2.05) is 27.7 Å². The number of hydrogen-bond acceptors (Lipinski definition) is 4. The van der Waals surface area contributed by atoms with Gasteiger partial charge in [-0.05, 0) is 6.42 Å². The molecule has 2 fully saturated rings. The Bertz CT molecular complexity index is 387. The van der Waals surface area contributed by atoms with Gasteiger partial charge in [-0.2, -0.15) is 0 Å². The molecule has 0 bridgehead atoms. The SMILES string of the molecule is COC(=O)[C@@]12COC(C(C)(C)C)N1C(=O)[C@@H](C)C2. The van der Waals surface area contributed by atoms with E-state index in [4.69, 9.17) is 9.47 Å². The number of hydrogen-bond donors (Lipinski definition) is 0. The molecule has 0 aliphatic carbocycles. The molecule has 0 radical (unpaired) electrons. The molecule has 2 aliphatic heterocycles. The van der Waals surface area contributed by atoms with Gasteiger partial charge in [0.05, 0.1) is 13.7 Å². The zero-order valence-corrected chi connectivity index (χ0v) is 11.6. The van der Waals surface area contributed by atoms with E-state index in [-0.39, 0.29) is 36.0 Å². The molecule has 0 N–H and O–H groups in total. The molecule has 18 heavy (non-hydrogen) atoms. The summed E-state index contributed by atoms with van der Waals surface area (Å²) in [5, 5.41) is 0. The molecule has 1 unspecified atom stereocenters. The van der Waals surface area contributed by atoms with Crippen LogP contribution in [0, 0.1) is 11.3 Å². The van der Waals surface area contributed by atoms with Crippen molar-refractivity contribution in [2.24, 2.45) is 11.3 Å².